The number of amides is 2. The third-order valence-corrected chi connectivity index (χ3v) is 2.84. The summed E-state index contributed by atoms with van der Waals surface area (Å²) in [7, 11) is 1.55. The summed E-state index contributed by atoms with van der Waals surface area (Å²) in [6.07, 6.45) is 0. The van der Waals surface area contributed by atoms with Crippen molar-refractivity contribution in [3.63, 3.8) is 0 Å². The van der Waals surface area contributed by atoms with Gasteiger partial charge in [-0.15, -0.1) is 0 Å². The molecule has 0 atom stereocenters. The van der Waals surface area contributed by atoms with Gasteiger partial charge in [0.25, 0.3) is 0 Å². The Morgan fingerprint density at radius 2 is 1.90 bits per heavy atom. The van der Waals surface area contributed by atoms with Crippen molar-refractivity contribution in [1.82, 2.24) is 0 Å². The minimum atomic E-state index is -0.438. The quantitative estimate of drug-likeness (QED) is 0.894. The summed E-state index contributed by atoms with van der Waals surface area (Å²) in [4.78, 5) is 11.9. The average molecular weight is 274 g/mol. The van der Waals surface area contributed by atoms with E-state index in [1.54, 1.807) is 50.4 Å². The molecule has 0 unspecified atom stereocenters. The van der Waals surface area contributed by atoms with E-state index in [1.807, 2.05) is 0 Å². The maximum absolute atomic E-state index is 13.4. The highest BCUT2D eigenvalue weighted by molar-refractivity contribution is 6.00. The molecule has 5 heteroatoms. The molecule has 0 aliphatic carbocycles. The van der Waals surface area contributed by atoms with Gasteiger partial charge in [-0.3, -0.25) is 0 Å². The van der Waals surface area contributed by atoms with Gasteiger partial charge < -0.3 is 15.4 Å². The highest BCUT2D eigenvalue weighted by Crippen LogP contribution is 2.19. The largest absolute Gasteiger partial charge is 0.497 e. The Kier molecular flexibility index (Phi) is 4.20. The summed E-state index contributed by atoms with van der Waals surface area (Å²) >= 11 is 0. The van der Waals surface area contributed by atoms with Crippen molar-refractivity contribution >= 4 is 17.4 Å². The zero-order valence-corrected chi connectivity index (χ0v) is 11.2. The van der Waals surface area contributed by atoms with Crippen LogP contribution < -0.4 is 15.4 Å². The summed E-state index contributed by atoms with van der Waals surface area (Å²) in [5, 5.41) is 5.27. The molecule has 0 aliphatic rings. The number of halogens is 1. The van der Waals surface area contributed by atoms with Gasteiger partial charge in [-0.2, -0.15) is 0 Å². The lowest BCUT2D eigenvalue weighted by atomic mass is 10.2. The fourth-order valence-electron chi connectivity index (χ4n) is 1.73. The molecule has 4 nitrogen and oxygen atoms in total. The predicted octanol–water partition coefficient (Wildman–Crippen LogP) is 3.79. The van der Waals surface area contributed by atoms with Gasteiger partial charge in [-0.1, -0.05) is 12.1 Å². The molecule has 0 fully saturated rings. The van der Waals surface area contributed by atoms with Crippen LogP contribution in [0.4, 0.5) is 20.6 Å². The Balaban J connectivity index is 2.07. The number of hydrogen-bond donors (Lipinski definition) is 2. The van der Waals surface area contributed by atoms with E-state index < -0.39 is 6.03 Å². The molecule has 2 rings (SSSR count). The van der Waals surface area contributed by atoms with E-state index in [0.717, 1.165) is 0 Å². The van der Waals surface area contributed by atoms with E-state index >= 15 is 0 Å². The minimum Gasteiger partial charge on any atom is -0.497 e. The highest BCUT2D eigenvalue weighted by atomic mass is 19.1. The Bertz CT molecular complexity index is 629. The van der Waals surface area contributed by atoms with Crippen LogP contribution in [0.25, 0.3) is 0 Å². The van der Waals surface area contributed by atoms with Crippen molar-refractivity contribution < 1.29 is 13.9 Å². The second-order valence-corrected chi connectivity index (χ2v) is 4.22. The molecule has 104 valence electrons. The molecule has 0 aromatic heterocycles. The molecule has 0 saturated carbocycles. The fourth-order valence-corrected chi connectivity index (χ4v) is 1.73. The van der Waals surface area contributed by atoms with Crippen LogP contribution in [0.5, 0.6) is 5.75 Å². The number of benzene rings is 2. The molecule has 0 aliphatic heterocycles. The van der Waals surface area contributed by atoms with Crippen LogP contribution >= 0.6 is 0 Å². The highest BCUT2D eigenvalue weighted by Gasteiger charge is 2.07. The third kappa shape index (κ3) is 3.26. The first kappa shape index (κ1) is 13.9. The molecule has 2 N–H and O–H groups in total. The van der Waals surface area contributed by atoms with E-state index in [-0.39, 0.29) is 5.82 Å². The Hall–Kier alpha value is -2.56. The average Bonchev–Trinajstić information content (AvgIpc) is 2.44. The normalized spacial score (nSPS) is 9.95. The number of nitrogens with one attached hydrogen (secondary N) is 2. The molecule has 20 heavy (non-hydrogen) atoms. The maximum atomic E-state index is 13.4. The van der Waals surface area contributed by atoms with Gasteiger partial charge in [0, 0.05) is 23.0 Å². The third-order valence-electron chi connectivity index (χ3n) is 2.84. The first-order chi connectivity index (χ1) is 9.60. The first-order valence-corrected chi connectivity index (χ1v) is 6.07. The molecular weight excluding hydrogens is 259 g/mol. The topological polar surface area (TPSA) is 50.4 Å². The lowest BCUT2D eigenvalue weighted by Gasteiger charge is -2.11. The predicted molar refractivity (Wildman–Crippen MR) is 76.8 cm³/mol. The van der Waals surface area contributed by atoms with Crippen molar-refractivity contribution in [3.8, 4) is 5.75 Å². The van der Waals surface area contributed by atoms with Gasteiger partial charge in [0.15, 0.2) is 0 Å². The van der Waals surface area contributed by atoms with Gasteiger partial charge in [0.05, 0.1) is 7.11 Å². The van der Waals surface area contributed by atoms with E-state index in [0.29, 0.717) is 22.7 Å². The van der Waals surface area contributed by atoms with E-state index in [4.69, 9.17) is 4.74 Å². The number of anilines is 2. The van der Waals surface area contributed by atoms with Gasteiger partial charge in [-0.25, -0.2) is 9.18 Å². The van der Waals surface area contributed by atoms with Crippen molar-refractivity contribution in [2.45, 2.75) is 6.92 Å². The lowest BCUT2D eigenvalue weighted by molar-refractivity contribution is 0.262. The van der Waals surface area contributed by atoms with Crippen LogP contribution in [0.3, 0.4) is 0 Å². The van der Waals surface area contributed by atoms with E-state index in [9.17, 15) is 9.18 Å². The Labute approximate surface area is 116 Å². The first-order valence-electron chi connectivity index (χ1n) is 6.07. The second kappa shape index (κ2) is 6.06. The molecule has 0 bridgehead atoms. The summed E-state index contributed by atoms with van der Waals surface area (Å²) in [5.41, 5.74) is 1.43. The Morgan fingerprint density at radius 1 is 1.15 bits per heavy atom. The van der Waals surface area contributed by atoms with Gasteiger partial charge in [0.2, 0.25) is 0 Å². The van der Waals surface area contributed by atoms with Crippen molar-refractivity contribution in [2.75, 3.05) is 17.7 Å². The summed E-state index contributed by atoms with van der Waals surface area (Å²) in [6, 6.07) is 11.1. The SMILES string of the molecule is COc1cccc(NC(=O)Nc2cccc(F)c2C)c1. The summed E-state index contributed by atoms with van der Waals surface area (Å²) in [6.45, 7) is 1.61. The summed E-state index contributed by atoms with van der Waals surface area (Å²) < 4.78 is 18.4. The summed E-state index contributed by atoms with van der Waals surface area (Å²) in [5.74, 6) is 0.286. The van der Waals surface area contributed by atoms with Gasteiger partial charge >= 0.3 is 6.03 Å². The van der Waals surface area contributed by atoms with Crippen molar-refractivity contribution in [1.29, 1.82) is 0 Å². The van der Waals surface area contributed by atoms with Gasteiger partial charge in [0.1, 0.15) is 11.6 Å². The van der Waals surface area contributed by atoms with Crippen LogP contribution in [0.15, 0.2) is 42.5 Å². The van der Waals surface area contributed by atoms with Crippen LogP contribution in [0.2, 0.25) is 0 Å². The lowest BCUT2D eigenvalue weighted by Crippen LogP contribution is -2.20. The van der Waals surface area contributed by atoms with Crippen LogP contribution in [0, 0.1) is 12.7 Å². The second-order valence-electron chi connectivity index (χ2n) is 4.22. The van der Waals surface area contributed by atoms with E-state index in [2.05, 4.69) is 10.6 Å². The number of carbonyl (C=O) groups excluding carboxylic acids is 1. The molecule has 0 spiro atoms. The zero-order valence-electron chi connectivity index (χ0n) is 11.2. The zero-order chi connectivity index (χ0) is 14.5. The molecule has 0 saturated heterocycles. The van der Waals surface area contributed by atoms with Crippen LogP contribution in [-0.4, -0.2) is 13.1 Å². The van der Waals surface area contributed by atoms with Crippen molar-refractivity contribution in [2.24, 2.45) is 0 Å². The molecule has 0 heterocycles. The Morgan fingerprint density at radius 3 is 2.65 bits per heavy atom. The molecule has 0 radical (unpaired) electrons. The number of hydrogen-bond acceptors (Lipinski definition) is 2. The standard InChI is InChI=1S/C15H15FN2O2/c1-10-13(16)7-4-8-14(10)18-15(19)17-11-5-3-6-12(9-11)20-2/h3-9H,1-2H3,(H2,17,18,19). The maximum Gasteiger partial charge on any atom is 0.323 e. The fraction of sp³-hybridized carbons (Fsp3) is 0.133. The monoisotopic (exact) mass is 274 g/mol. The van der Waals surface area contributed by atoms with E-state index in [1.165, 1.54) is 6.07 Å². The minimum absolute atomic E-state index is 0.357. The molecule has 2 aromatic rings. The number of rotatable bonds is 3. The van der Waals surface area contributed by atoms with Crippen LogP contribution in [-0.2, 0) is 0 Å². The number of ether oxygens (including phenoxy) is 1. The van der Waals surface area contributed by atoms with Crippen LogP contribution in [0.1, 0.15) is 5.56 Å². The smallest absolute Gasteiger partial charge is 0.323 e. The molecular formula is C15H15FN2O2. The molecule has 2 aromatic carbocycles. The van der Waals surface area contributed by atoms with Gasteiger partial charge in [-0.05, 0) is 31.2 Å². The van der Waals surface area contributed by atoms with Crippen molar-refractivity contribution in [3.05, 3.63) is 53.8 Å². The number of carbonyl (C=O) groups is 1. The number of urea groups is 1. The molecule has 2 amide bonds. The number of methoxy groups -OCH3 is 1.